The minimum absolute atomic E-state index is 0.0773. The first-order chi connectivity index (χ1) is 13.2. The Labute approximate surface area is 162 Å². The van der Waals surface area contributed by atoms with Crippen LogP contribution in [-0.4, -0.2) is 63.8 Å². The fraction of sp³-hybridized carbons (Fsp3) is 0.619. The van der Waals surface area contributed by atoms with Crippen molar-refractivity contribution in [2.75, 3.05) is 47.0 Å². The van der Waals surface area contributed by atoms with E-state index in [1.54, 1.807) is 7.05 Å². The number of rotatable bonds is 9. The number of benzene rings is 1. The van der Waals surface area contributed by atoms with Gasteiger partial charge in [0.1, 0.15) is 0 Å². The summed E-state index contributed by atoms with van der Waals surface area (Å²) in [5.41, 5.74) is 1.31. The minimum Gasteiger partial charge on any atom is -0.469 e. The maximum absolute atomic E-state index is 11.8. The van der Waals surface area contributed by atoms with Crippen molar-refractivity contribution in [3.63, 3.8) is 0 Å². The zero-order valence-electron chi connectivity index (χ0n) is 16.8. The molecule has 1 saturated heterocycles. The summed E-state index contributed by atoms with van der Waals surface area (Å²) >= 11 is 0. The van der Waals surface area contributed by atoms with Crippen molar-refractivity contribution in [2.24, 2.45) is 16.8 Å². The molecular formula is C21H33N3O3. The van der Waals surface area contributed by atoms with Gasteiger partial charge in [0.2, 0.25) is 0 Å². The predicted molar refractivity (Wildman–Crippen MR) is 108 cm³/mol. The molecule has 2 unspecified atom stereocenters. The number of nitrogens with one attached hydrogen (secondary N) is 1. The van der Waals surface area contributed by atoms with Crippen LogP contribution in [0.1, 0.15) is 25.3 Å². The molecule has 1 aromatic carbocycles. The van der Waals surface area contributed by atoms with Crippen molar-refractivity contribution in [1.82, 2.24) is 10.2 Å². The van der Waals surface area contributed by atoms with Crippen LogP contribution in [0.2, 0.25) is 0 Å². The van der Waals surface area contributed by atoms with Crippen LogP contribution in [0.5, 0.6) is 0 Å². The summed E-state index contributed by atoms with van der Waals surface area (Å²) in [6.45, 7) is 5.96. The number of carbonyl (C=O) groups excluding carboxylic acids is 1. The van der Waals surface area contributed by atoms with Crippen LogP contribution in [0.25, 0.3) is 0 Å². The van der Waals surface area contributed by atoms with Crippen molar-refractivity contribution in [2.45, 2.75) is 26.2 Å². The van der Waals surface area contributed by atoms with Gasteiger partial charge in [-0.15, -0.1) is 0 Å². The van der Waals surface area contributed by atoms with Crippen LogP contribution in [0.15, 0.2) is 35.3 Å². The Morgan fingerprint density at radius 1 is 1.22 bits per heavy atom. The van der Waals surface area contributed by atoms with Crippen LogP contribution in [0.3, 0.4) is 0 Å². The average Bonchev–Trinajstić information content (AvgIpc) is 3.08. The summed E-state index contributed by atoms with van der Waals surface area (Å²) in [4.78, 5) is 18.3. The summed E-state index contributed by atoms with van der Waals surface area (Å²) < 4.78 is 10.6. The molecule has 0 saturated carbocycles. The van der Waals surface area contributed by atoms with E-state index in [0.717, 1.165) is 51.5 Å². The summed E-state index contributed by atoms with van der Waals surface area (Å²) in [6, 6.07) is 10.4. The van der Waals surface area contributed by atoms with Crippen molar-refractivity contribution >= 4 is 11.9 Å². The molecule has 1 N–H and O–H groups in total. The Kier molecular flexibility index (Phi) is 9.11. The van der Waals surface area contributed by atoms with Crippen LogP contribution in [-0.2, 0) is 20.7 Å². The van der Waals surface area contributed by atoms with E-state index in [4.69, 9.17) is 9.47 Å². The molecule has 2 atom stereocenters. The molecule has 0 radical (unpaired) electrons. The molecule has 2 rings (SSSR count). The monoisotopic (exact) mass is 375 g/mol. The second-order valence-electron chi connectivity index (χ2n) is 7.04. The van der Waals surface area contributed by atoms with E-state index < -0.39 is 0 Å². The van der Waals surface area contributed by atoms with Gasteiger partial charge in [0.15, 0.2) is 5.96 Å². The van der Waals surface area contributed by atoms with Crippen molar-refractivity contribution in [3.8, 4) is 0 Å². The Bertz CT molecular complexity index is 592. The van der Waals surface area contributed by atoms with Gasteiger partial charge in [0.25, 0.3) is 0 Å². The van der Waals surface area contributed by atoms with Gasteiger partial charge in [-0.25, -0.2) is 0 Å². The summed E-state index contributed by atoms with van der Waals surface area (Å²) in [5, 5.41) is 3.39. The lowest BCUT2D eigenvalue weighted by Crippen LogP contribution is -2.41. The zero-order valence-corrected chi connectivity index (χ0v) is 16.8. The number of methoxy groups -OCH3 is 1. The number of nitrogens with zero attached hydrogens (tertiary/aromatic N) is 2. The molecule has 150 valence electrons. The van der Waals surface area contributed by atoms with Crippen LogP contribution in [0, 0.1) is 11.8 Å². The minimum atomic E-state index is -0.131. The van der Waals surface area contributed by atoms with Crippen LogP contribution < -0.4 is 5.32 Å². The smallest absolute Gasteiger partial charge is 0.310 e. The Hall–Kier alpha value is -2.08. The van der Waals surface area contributed by atoms with E-state index >= 15 is 0 Å². The number of unbranched alkanes of at least 4 members (excludes halogenated alkanes) is 1. The van der Waals surface area contributed by atoms with Gasteiger partial charge >= 0.3 is 5.97 Å². The maximum atomic E-state index is 11.8. The van der Waals surface area contributed by atoms with Crippen molar-refractivity contribution < 1.29 is 14.3 Å². The average molecular weight is 376 g/mol. The molecule has 1 fully saturated rings. The first kappa shape index (κ1) is 21.2. The molecule has 0 aliphatic carbocycles. The molecule has 0 amide bonds. The van der Waals surface area contributed by atoms with Crippen molar-refractivity contribution in [1.29, 1.82) is 0 Å². The number of esters is 1. The first-order valence-corrected chi connectivity index (χ1v) is 9.80. The van der Waals surface area contributed by atoms with E-state index in [0.29, 0.717) is 6.54 Å². The standard InChI is InChI=1S/C21H33N3O3/c1-17-15-24(16-19(17)20(25)26-3)21(22-2)23-12-7-8-13-27-14-11-18-9-5-4-6-10-18/h4-6,9-10,17,19H,7-8,11-16H2,1-3H3,(H,22,23). The predicted octanol–water partition coefficient (Wildman–Crippen LogP) is 2.34. The van der Waals surface area contributed by atoms with E-state index in [9.17, 15) is 4.79 Å². The number of likely N-dealkylation sites (tertiary alicyclic amines) is 1. The first-order valence-electron chi connectivity index (χ1n) is 9.80. The molecule has 1 heterocycles. The van der Waals surface area contributed by atoms with Gasteiger partial charge < -0.3 is 19.7 Å². The highest BCUT2D eigenvalue weighted by Crippen LogP contribution is 2.24. The van der Waals surface area contributed by atoms with Gasteiger partial charge in [0.05, 0.1) is 19.6 Å². The number of carbonyl (C=O) groups is 1. The third-order valence-electron chi connectivity index (χ3n) is 5.00. The highest BCUT2D eigenvalue weighted by Gasteiger charge is 2.36. The van der Waals surface area contributed by atoms with Crippen LogP contribution in [0.4, 0.5) is 0 Å². The topological polar surface area (TPSA) is 63.2 Å². The molecule has 0 aromatic heterocycles. The van der Waals surface area contributed by atoms with Crippen LogP contribution >= 0.6 is 0 Å². The molecule has 1 aromatic rings. The SMILES string of the molecule is CN=C(NCCCCOCCc1ccccc1)N1CC(C)C(C(=O)OC)C1. The number of guanidine groups is 1. The number of aliphatic imine (C=N–C) groups is 1. The molecule has 1 aliphatic heterocycles. The van der Waals surface area contributed by atoms with E-state index in [1.807, 2.05) is 6.07 Å². The lowest BCUT2D eigenvalue weighted by molar-refractivity contribution is -0.145. The molecule has 0 bridgehead atoms. The maximum Gasteiger partial charge on any atom is 0.310 e. The van der Waals surface area contributed by atoms with Gasteiger partial charge in [-0.05, 0) is 30.7 Å². The number of ether oxygens (including phenoxy) is 2. The fourth-order valence-corrected chi connectivity index (χ4v) is 3.40. The number of hydrogen-bond acceptors (Lipinski definition) is 4. The lowest BCUT2D eigenvalue weighted by Gasteiger charge is -2.21. The van der Waals surface area contributed by atoms with E-state index in [-0.39, 0.29) is 17.8 Å². The molecule has 6 nitrogen and oxygen atoms in total. The summed E-state index contributed by atoms with van der Waals surface area (Å²) in [7, 11) is 3.23. The second-order valence-corrected chi connectivity index (χ2v) is 7.04. The quantitative estimate of drug-likeness (QED) is 0.311. The Balaban J connectivity index is 1.57. The second kappa shape index (κ2) is 11.6. The fourth-order valence-electron chi connectivity index (χ4n) is 3.40. The Morgan fingerprint density at radius 3 is 2.70 bits per heavy atom. The molecule has 0 spiro atoms. The van der Waals surface area contributed by atoms with Gasteiger partial charge in [-0.1, -0.05) is 37.3 Å². The van der Waals surface area contributed by atoms with E-state index in [2.05, 4.69) is 46.4 Å². The number of hydrogen-bond donors (Lipinski definition) is 1. The largest absolute Gasteiger partial charge is 0.469 e. The van der Waals surface area contributed by atoms with Crippen molar-refractivity contribution in [3.05, 3.63) is 35.9 Å². The summed E-state index contributed by atoms with van der Waals surface area (Å²) in [5.74, 6) is 0.923. The lowest BCUT2D eigenvalue weighted by atomic mass is 9.99. The zero-order chi connectivity index (χ0) is 19.5. The van der Waals surface area contributed by atoms with Gasteiger partial charge in [-0.2, -0.15) is 0 Å². The normalized spacial score (nSPS) is 20.0. The van der Waals surface area contributed by atoms with Gasteiger partial charge in [0, 0.05) is 33.3 Å². The third kappa shape index (κ3) is 6.86. The molecular weight excluding hydrogens is 342 g/mol. The third-order valence-corrected chi connectivity index (χ3v) is 5.00. The summed E-state index contributed by atoms with van der Waals surface area (Å²) in [6.07, 6.45) is 2.99. The highest BCUT2D eigenvalue weighted by atomic mass is 16.5. The Morgan fingerprint density at radius 2 is 2.00 bits per heavy atom. The van der Waals surface area contributed by atoms with Gasteiger partial charge in [-0.3, -0.25) is 9.79 Å². The molecule has 27 heavy (non-hydrogen) atoms. The van der Waals surface area contributed by atoms with E-state index in [1.165, 1.54) is 12.7 Å². The highest BCUT2D eigenvalue weighted by molar-refractivity contribution is 5.82. The molecule has 6 heteroatoms. The molecule has 1 aliphatic rings.